The van der Waals surface area contributed by atoms with Crippen molar-refractivity contribution in [3.63, 3.8) is 0 Å². The van der Waals surface area contributed by atoms with E-state index in [2.05, 4.69) is 5.32 Å². The van der Waals surface area contributed by atoms with Crippen LogP contribution in [0.4, 0.5) is 4.39 Å². The largest absolute Gasteiger partial charge is 0.328 e. The Kier molecular flexibility index (Phi) is 4.26. The summed E-state index contributed by atoms with van der Waals surface area (Å²) in [6.45, 7) is 2.35. The van der Waals surface area contributed by atoms with Crippen LogP contribution < -0.4 is 5.32 Å². The molecule has 2 rings (SSSR count). The Hall–Kier alpha value is -0.515. The molecule has 1 aliphatic heterocycles. The van der Waals surface area contributed by atoms with Gasteiger partial charge in [0.15, 0.2) is 0 Å². The fourth-order valence-corrected chi connectivity index (χ4v) is 2.42. The highest BCUT2D eigenvalue weighted by Gasteiger charge is 2.28. The summed E-state index contributed by atoms with van der Waals surface area (Å²) >= 11 is 0.887. The summed E-state index contributed by atoms with van der Waals surface area (Å²) in [5.41, 5.74) is 1.03. The second-order valence-corrected chi connectivity index (χ2v) is 4.39. The van der Waals surface area contributed by atoms with Crippen molar-refractivity contribution in [2.45, 2.75) is 5.92 Å². The van der Waals surface area contributed by atoms with Gasteiger partial charge in [-0.3, -0.25) is 0 Å². The van der Waals surface area contributed by atoms with E-state index in [1.165, 1.54) is 6.07 Å². The predicted molar refractivity (Wildman–Crippen MR) is 64.8 cm³/mol. The summed E-state index contributed by atoms with van der Waals surface area (Å²) in [6, 6.07) is 6.77. The van der Waals surface area contributed by atoms with E-state index in [0.29, 0.717) is 18.4 Å². The molecule has 1 heterocycles. The Morgan fingerprint density at radius 2 is 2.38 bits per heavy atom. The maximum atomic E-state index is 13.1. The molecule has 5 heteroatoms. The molecule has 1 saturated heterocycles. The van der Waals surface area contributed by atoms with Gasteiger partial charge in [-0.25, -0.2) is 4.39 Å². The predicted octanol–water partition coefficient (Wildman–Crippen LogP) is 1.88. The highest BCUT2D eigenvalue weighted by atomic mass is 32.2. The molecular weight excluding hydrogens is 224 g/mol. The average Bonchev–Trinajstić information content (AvgIpc) is 2.74. The number of halogens is 1. The van der Waals surface area contributed by atoms with Gasteiger partial charge in [0, 0.05) is 24.9 Å². The summed E-state index contributed by atoms with van der Waals surface area (Å²) in [5, 5.41) is 3.30. The van der Waals surface area contributed by atoms with E-state index in [0.717, 1.165) is 30.5 Å². The van der Waals surface area contributed by atoms with Crippen molar-refractivity contribution >= 4 is 19.0 Å². The summed E-state index contributed by atoms with van der Waals surface area (Å²) in [4.78, 5) is 0. The van der Waals surface area contributed by atoms with Crippen molar-refractivity contribution in [3.8, 4) is 0 Å². The summed E-state index contributed by atoms with van der Waals surface area (Å²) in [6.07, 6.45) is 0. The summed E-state index contributed by atoms with van der Waals surface area (Å²) in [5.74, 6) is 0.484. The number of rotatable bonds is 4. The van der Waals surface area contributed by atoms with Crippen LogP contribution in [0.2, 0.25) is 0 Å². The zero-order valence-electron chi connectivity index (χ0n) is 8.86. The van der Waals surface area contributed by atoms with E-state index in [9.17, 15) is 4.39 Å². The number of nitrogens with one attached hydrogen (secondary N) is 1. The van der Waals surface area contributed by atoms with Crippen LogP contribution in [0, 0.1) is 11.7 Å². The van der Waals surface area contributed by atoms with E-state index in [1.807, 2.05) is 6.07 Å². The van der Waals surface area contributed by atoms with Crippen LogP contribution in [0.5, 0.6) is 0 Å². The van der Waals surface area contributed by atoms with Gasteiger partial charge in [0.25, 0.3) is 0 Å². The zero-order chi connectivity index (χ0) is 11.4. The monoisotopic (exact) mass is 237 g/mol. The molecule has 1 fully saturated rings. The quantitative estimate of drug-likeness (QED) is 0.638. The Balaban J connectivity index is 2.07. The maximum absolute atomic E-state index is 13.1. The van der Waals surface area contributed by atoms with Gasteiger partial charge in [-0.15, -0.1) is 0 Å². The molecule has 16 heavy (non-hydrogen) atoms. The van der Waals surface area contributed by atoms with Gasteiger partial charge in [0.05, 0.1) is 6.61 Å². The lowest BCUT2D eigenvalue weighted by molar-refractivity contribution is 0.289. The van der Waals surface area contributed by atoms with Gasteiger partial charge in [0.1, 0.15) is 5.82 Å². The van der Waals surface area contributed by atoms with Crippen LogP contribution >= 0.6 is 11.9 Å². The molecule has 1 aromatic rings. The van der Waals surface area contributed by atoms with Crippen molar-refractivity contribution in [2.75, 3.05) is 19.7 Å². The van der Waals surface area contributed by atoms with E-state index < -0.39 is 0 Å². The lowest BCUT2D eigenvalue weighted by atomic mass is 9.89. The van der Waals surface area contributed by atoms with Crippen LogP contribution in [-0.2, 0) is 4.18 Å². The minimum absolute atomic E-state index is 0.183. The van der Waals surface area contributed by atoms with E-state index in [-0.39, 0.29) is 5.82 Å². The molecule has 0 aromatic heterocycles. The van der Waals surface area contributed by atoms with Crippen molar-refractivity contribution in [2.24, 2.45) is 5.92 Å². The molecule has 0 amide bonds. The fourth-order valence-electron chi connectivity index (χ4n) is 2.16. The van der Waals surface area contributed by atoms with Gasteiger partial charge < -0.3 is 9.50 Å². The van der Waals surface area contributed by atoms with Crippen molar-refractivity contribution in [1.29, 1.82) is 0 Å². The van der Waals surface area contributed by atoms with Gasteiger partial charge in [-0.05, 0) is 17.7 Å². The normalized spacial score (nSPS) is 24.8. The fraction of sp³-hybridized carbons (Fsp3) is 0.455. The lowest BCUT2D eigenvalue weighted by Crippen LogP contribution is -2.16. The lowest BCUT2D eigenvalue weighted by Gasteiger charge is -2.18. The Morgan fingerprint density at radius 1 is 1.50 bits per heavy atom. The third kappa shape index (κ3) is 2.78. The Morgan fingerprint density at radius 3 is 3.12 bits per heavy atom. The van der Waals surface area contributed by atoms with Crippen LogP contribution in [0.3, 0.4) is 0 Å². The molecule has 2 atom stereocenters. The van der Waals surface area contributed by atoms with Crippen LogP contribution in [-0.4, -0.2) is 26.8 Å². The van der Waals surface area contributed by atoms with Crippen LogP contribution in [0.25, 0.3) is 0 Å². The first kappa shape index (κ1) is 12.0. The first-order valence-electron chi connectivity index (χ1n) is 5.26. The van der Waals surface area contributed by atoms with Crippen LogP contribution in [0.1, 0.15) is 11.5 Å². The third-order valence-corrected chi connectivity index (χ3v) is 3.24. The molecule has 0 spiro atoms. The van der Waals surface area contributed by atoms with E-state index in [1.54, 1.807) is 12.1 Å². The van der Waals surface area contributed by atoms with Crippen molar-refractivity contribution < 1.29 is 8.57 Å². The topological polar surface area (TPSA) is 21.3 Å². The Labute approximate surface area is 100 Å². The van der Waals surface area contributed by atoms with Gasteiger partial charge >= 0.3 is 0 Å². The second-order valence-electron chi connectivity index (χ2n) is 3.96. The average molecular weight is 237 g/mol. The molecule has 2 radical (unpaired) electrons. The molecule has 2 nitrogen and oxygen atoms in total. The smallest absolute Gasteiger partial charge is 0.203 e. The number of hydrogen-bond donors (Lipinski definition) is 1. The van der Waals surface area contributed by atoms with E-state index >= 15 is 0 Å². The van der Waals surface area contributed by atoms with Crippen LogP contribution in [0.15, 0.2) is 24.3 Å². The zero-order valence-corrected chi connectivity index (χ0v) is 9.67. The van der Waals surface area contributed by atoms with E-state index in [4.69, 9.17) is 11.3 Å². The second kappa shape index (κ2) is 5.71. The minimum Gasteiger partial charge on any atom is -0.328 e. The minimum atomic E-state index is -0.183. The number of hydrogen-bond acceptors (Lipinski definition) is 3. The molecule has 0 saturated carbocycles. The summed E-state index contributed by atoms with van der Waals surface area (Å²) in [7, 11) is 5.23. The SMILES string of the molecule is [B]SOCC1CNCC1c1cccc(F)c1. The Bertz CT molecular complexity index is 353. The molecule has 0 bridgehead atoms. The maximum Gasteiger partial charge on any atom is 0.203 e. The highest BCUT2D eigenvalue weighted by Crippen LogP contribution is 2.29. The van der Waals surface area contributed by atoms with Gasteiger partial charge in [-0.2, -0.15) is 0 Å². The molecular formula is C11H13BFNOS. The van der Waals surface area contributed by atoms with Crippen molar-refractivity contribution in [1.82, 2.24) is 5.32 Å². The molecule has 1 aromatic carbocycles. The third-order valence-electron chi connectivity index (χ3n) is 2.97. The van der Waals surface area contributed by atoms with Crippen molar-refractivity contribution in [3.05, 3.63) is 35.6 Å². The van der Waals surface area contributed by atoms with Gasteiger partial charge in [-0.1, -0.05) is 24.0 Å². The summed E-state index contributed by atoms with van der Waals surface area (Å²) < 4.78 is 18.3. The molecule has 0 aliphatic carbocycles. The first-order valence-corrected chi connectivity index (χ1v) is 6.06. The standard InChI is InChI=1S/C11H13BFNOS/c12-16-15-7-9-5-14-6-11(9)8-2-1-3-10(13)4-8/h1-4,9,11,14H,5-7H2. The molecule has 1 N–H and O–H groups in total. The molecule has 84 valence electrons. The van der Waals surface area contributed by atoms with Gasteiger partial charge in [0.2, 0.25) is 7.12 Å². The molecule has 1 aliphatic rings. The first-order chi connectivity index (χ1) is 7.81. The number of benzene rings is 1. The highest BCUT2D eigenvalue weighted by molar-refractivity contribution is 8.15. The molecule has 2 unspecified atom stereocenters.